The Morgan fingerprint density at radius 3 is 2.04 bits per heavy atom. The van der Waals surface area contributed by atoms with Crippen molar-refractivity contribution in [3.63, 3.8) is 0 Å². The average molecular weight is 491 g/mol. The Hall–Kier alpha value is -1.82. The van der Waals surface area contributed by atoms with Gasteiger partial charge in [0, 0.05) is 13.1 Å². The van der Waals surface area contributed by atoms with Gasteiger partial charge >= 0.3 is 0 Å². The SMILES string of the molecule is COc1ccc(CNCc2cc(Br)c(OCc3ccccc3)c(Br)c2)cc1. The van der Waals surface area contributed by atoms with Gasteiger partial charge < -0.3 is 14.8 Å². The zero-order valence-electron chi connectivity index (χ0n) is 15.0. The Labute approximate surface area is 177 Å². The van der Waals surface area contributed by atoms with Crippen LogP contribution in [0.3, 0.4) is 0 Å². The molecule has 0 saturated heterocycles. The molecule has 0 bridgehead atoms. The Morgan fingerprint density at radius 1 is 0.778 bits per heavy atom. The van der Waals surface area contributed by atoms with E-state index >= 15 is 0 Å². The third-order valence-electron chi connectivity index (χ3n) is 4.10. The van der Waals surface area contributed by atoms with Gasteiger partial charge in [-0.1, -0.05) is 42.5 Å². The molecule has 3 aromatic rings. The molecule has 0 saturated carbocycles. The van der Waals surface area contributed by atoms with Crippen molar-refractivity contribution in [2.45, 2.75) is 19.7 Å². The van der Waals surface area contributed by atoms with Crippen LogP contribution in [0.5, 0.6) is 11.5 Å². The number of hydrogen-bond donors (Lipinski definition) is 1. The van der Waals surface area contributed by atoms with Gasteiger partial charge in [0.25, 0.3) is 0 Å². The Balaban J connectivity index is 1.56. The number of benzene rings is 3. The van der Waals surface area contributed by atoms with Crippen LogP contribution in [0.2, 0.25) is 0 Å². The number of halogens is 2. The summed E-state index contributed by atoms with van der Waals surface area (Å²) in [5.41, 5.74) is 3.53. The number of rotatable bonds is 8. The molecule has 3 nitrogen and oxygen atoms in total. The van der Waals surface area contributed by atoms with Crippen molar-refractivity contribution in [1.82, 2.24) is 5.32 Å². The van der Waals surface area contributed by atoms with E-state index in [4.69, 9.17) is 9.47 Å². The smallest absolute Gasteiger partial charge is 0.148 e. The van der Waals surface area contributed by atoms with E-state index in [9.17, 15) is 0 Å². The molecular formula is C22H21Br2NO2. The molecule has 0 fully saturated rings. The van der Waals surface area contributed by atoms with Crippen molar-refractivity contribution in [3.8, 4) is 11.5 Å². The van der Waals surface area contributed by atoms with Gasteiger partial charge in [-0.2, -0.15) is 0 Å². The molecule has 140 valence electrons. The normalized spacial score (nSPS) is 10.6. The van der Waals surface area contributed by atoms with Gasteiger partial charge in [0.05, 0.1) is 16.1 Å². The molecule has 5 heteroatoms. The van der Waals surface area contributed by atoms with Crippen LogP contribution in [0.15, 0.2) is 75.7 Å². The van der Waals surface area contributed by atoms with Crippen molar-refractivity contribution in [2.75, 3.05) is 7.11 Å². The fourth-order valence-electron chi connectivity index (χ4n) is 2.68. The van der Waals surface area contributed by atoms with Crippen molar-refractivity contribution < 1.29 is 9.47 Å². The second kappa shape index (κ2) is 9.93. The van der Waals surface area contributed by atoms with Crippen LogP contribution in [0.4, 0.5) is 0 Å². The van der Waals surface area contributed by atoms with E-state index in [1.165, 1.54) is 11.1 Å². The first kappa shape index (κ1) is 19.9. The first-order valence-corrected chi connectivity index (χ1v) is 10.2. The minimum atomic E-state index is 0.535. The van der Waals surface area contributed by atoms with Crippen molar-refractivity contribution >= 4 is 31.9 Å². The van der Waals surface area contributed by atoms with E-state index < -0.39 is 0 Å². The topological polar surface area (TPSA) is 30.5 Å². The minimum Gasteiger partial charge on any atom is -0.497 e. The van der Waals surface area contributed by atoms with E-state index in [1.807, 2.05) is 30.3 Å². The summed E-state index contributed by atoms with van der Waals surface area (Å²) in [5, 5.41) is 3.46. The number of hydrogen-bond acceptors (Lipinski definition) is 3. The number of ether oxygens (including phenoxy) is 2. The number of nitrogens with one attached hydrogen (secondary N) is 1. The van der Waals surface area contributed by atoms with Crippen LogP contribution in [-0.4, -0.2) is 7.11 Å². The van der Waals surface area contributed by atoms with Crippen LogP contribution >= 0.6 is 31.9 Å². The zero-order valence-corrected chi connectivity index (χ0v) is 18.2. The molecule has 0 unspecified atom stereocenters. The van der Waals surface area contributed by atoms with E-state index in [1.54, 1.807) is 7.11 Å². The lowest BCUT2D eigenvalue weighted by Gasteiger charge is -2.13. The Morgan fingerprint density at radius 2 is 1.41 bits per heavy atom. The highest BCUT2D eigenvalue weighted by Gasteiger charge is 2.09. The van der Waals surface area contributed by atoms with Gasteiger partial charge in [-0.15, -0.1) is 0 Å². The summed E-state index contributed by atoms with van der Waals surface area (Å²) >= 11 is 7.26. The summed E-state index contributed by atoms with van der Waals surface area (Å²) < 4.78 is 13.0. The fourth-order valence-corrected chi connectivity index (χ4v) is 4.19. The summed E-state index contributed by atoms with van der Waals surface area (Å²) in [6.45, 7) is 2.10. The maximum atomic E-state index is 5.98. The van der Waals surface area contributed by atoms with Crippen LogP contribution in [-0.2, 0) is 19.7 Å². The summed E-state index contributed by atoms with van der Waals surface area (Å²) in [5.74, 6) is 1.69. The van der Waals surface area contributed by atoms with Gasteiger partial charge in [0.1, 0.15) is 18.1 Å². The molecule has 0 spiro atoms. The summed E-state index contributed by atoms with van der Waals surface area (Å²) in [6, 6.07) is 22.4. The highest BCUT2D eigenvalue weighted by atomic mass is 79.9. The Kier molecular flexibility index (Phi) is 7.33. The quantitative estimate of drug-likeness (QED) is 0.414. The highest BCUT2D eigenvalue weighted by molar-refractivity contribution is 9.11. The Bertz CT molecular complexity index is 844. The molecule has 1 N–H and O–H groups in total. The molecule has 0 radical (unpaired) electrons. The van der Waals surface area contributed by atoms with E-state index in [-0.39, 0.29) is 0 Å². The number of methoxy groups -OCH3 is 1. The van der Waals surface area contributed by atoms with Gasteiger partial charge in [-0.25, -0.2) is 0 Å². The van der Waals surface area contributed by atoms with Gasteiger partial charge in [0.15, 0.2) is 0 Å². The predicted molar refractivity (Wildman–Crippen MR) is 116 cm³/mol. The van der Waals surface area contributed by atoms with Crippen molar-refractivity contribution in [2.24, 2.45) is 0 Å². The summed E-state index contributed by atoms with van der Waals surface area (Å²) in [6.07, 6.45) is 0. The molecule has 3 rings (SSSR count). The second-order valence-electron chi connectivity index (χ2n) is 6.11. The largest absolute Gasteiger partial charge is 0.497 e. The van der Waals surface area contributed by atoms with Crippen molar-refractivity contribution in [3.05, 3.63) is 92.4 Å². The zero-order chi connectivity index (χ0) is 19.1. The lowest BCUT2D eigenvalue weighted by atomic mass is 10.2. The third kappa shape index (κ3) is 5.83. The van der Waals surface area contributed by atoms with Gasteiger partial charge in [0.2, 0.25) is 0 Å². The molecule has 0 aliphatic rings. The second-order valence-corrected chi connectivity index (χ2v) is 7.82. The van der Waals surface area contributed by atoms with Gasteiger partial charge in [-0.05, 0) is 72.8 Å². The summed E-state index contributed by atoms with van der Waals surface area (Å²) in [7, 11) is 1.68. The van der Waals surface area contributed by atoms with E-state index in [0.29, 0.717) is 6.61 Å². The molecule has 0 heterocycles. The molecule has 0 aliphatic carbocycles. The average Bonchev–Trinajstić information content (AvgIpc) is 2.69. The maximum absolute atomic E-state index is 5.98. The van der Waals surface area contributed by atoms with E-state index in [2.05, 4.69) is 73.6 Å². The minimum absolute atomic E-state index is 0.535. The first-order chi connectivity index (χ1) is 13.2. The molecule has 3 aromatic carbocycles. The van der Waals surface area contributed by atoms with Crippen LogP contribution in [0.25, 0.3) is 0 Å². The molecular weight excluding hydrogens is 470 g/mol. The van der Waals surface area contributed by atoms with Gasteiger partial charge in [-0.3, -0.25) is 0 Å². The lowest BCUT2D eigenvalue weighted by molar-refractivity contribution is 0.302. The molecule has 0 aliphatic heterocycles. The molecule has 27 heavy (non-hydrogen) atoms. The fraction of sp³-hybridized carbons (Fsp3) is 0.182. The van der Waals surface area contributed by atoms with Crippen LogP contribution in [0.1, 0.15) is 16.7 Å². The van der Waals surface area contributed by atoms with Crippen LogP contribution in [0, 0.1) is 0 Å². The summed E-state index contributed by atoms with van der Waals surface area (Å²) in [4.78, 5) is 0. The third-order valence-corrected chi connectivity index (χ3v) is 5.28. The van der Waals surface area contributed by atoms with Crippen LogP contribution < -0.4 is 14.8 Å². The lowest BCUT2D eigenvalue weighted by Crippen LogP contribution is -2.12. The maximum Gasteiger partial charge on any atom is 0.148 e. The first-order valence-electron chi connectivity index (χ1n) is 8.64. The van der Waals surface area contributed by atoms with E-state index in [0.717, 1.165) is 39.1 Å². The highest BCUT2D eigenvalue weighted by Crippen LogP contribution is 2.35. The predicted octanol–water partition coefficient (Wildman–Crippen LogP) is 6.09. The molecule has 0 amide bonds. The molecule has 0 atom stereocenters. The standard InChI is InChI=1S/C22H21Br2NO2/c1-26-19-9-7-16(8-10-19)13-25-14-18-11-20(23)22(21(24)12-18)27-15-17-5-3-2-4-6-17/h2-12,25H,13-15H2,1H3. The van der Waals surface area contributed by atoms with Crippen molar-refractivity contribution in [1.29, 1.82) is 0 Å². The monoisotopic (exact) mass is 489 g/mol. The molecule has 0 aromatic heterocycles.